The Kier molecular flexibility index (Phi) is 3.78. The van der Waals surface area contributed by atoms with Crippen LogP contribution < -0.4 is 10.2 Å². The number of fused-ring (bicyclic) bond motifs is 1. The monoisotopic (exact) mass is 354 g/mol. The number of aromatic nitrogens is 2. The van der Waals surface area contributed by atoms with Gasteiger partial charge in [-0.1, -0.05) is 11.6 Å². The second-order valence-electron chi connectivity index (χ2n) is 8.15. The van der Waals surface area contributed by atoms with Crippen molar-refractivity contribution in [2.24, 2.45) is 0 Å². The maximum atomic E-state index is 12.3. The fraction of sp³-hybridized carbons (Fsp3) is 0.650. The van der Waals surface area contributed by atoms with Crippen molar-refractivity contribution in [3.05, 3.63) is 28.7 Å². The summed E-state index contributed by atoms with van der Waals surface area (Å²) >= 11 is 0. The molecule has 1 N–H and O–H groups in total. The molecule has 26 heavy (non-hydrogen) atoms. The summed E-state index contributed by atoms with van der Waals surface area (Å²) in [6.45, 7) is 5.54. The first-order valence-corrected chi connectivity index (χ1v) is 9.90. The second kappa shape index (κ2) is 6.05. The molecule has 0 unspecified atom stereocenters. The van der Waals surface area contributed by atoms with Crippen LogP contribution in [0.2, 0.25) is 0 Å². The van der Waals surface area contributed by atoms with Gasteiger partial charge in [0.2, 0.25) is 0 Å². The highest BCUT2D eigenvalue weighted by Crippen LogP contribution is 2.41. The van der Waals surface area contributed by atoms with Crippen LogP contribution in [0.25, 0.3) is 0 Å². The van der Waals surface area contributed by atoms with Crippen LogP contribution in [0.4, 0.5) is 5.82 Å². The van der Waals surface area contributed by atoms with Crippen molar-refractivity contribution < 1.29 is 9.53 Å². The highest BCUT2D eigenvalue weighted by Gasteiger charge is 2.38. The van der Waals surface area contributed by atoms with Crippen LogP contribution in [0.3, 0.4) is 0 Å². The molecule has 5 rings (SSSR count). The number of rotatable bonds is 2. The summed E-state index contributed by atoms with van der Waals surface area (Å²) in [5, 5.41) is 2.93. The van der Waals surface area contributed by atoms with Gasteiger partial charge in [-0.15, -0.1) is 0 Å². The van der Waals surface area contributed by atoms with Gasteiger partial charge in [0.05, 0.1) is 12.2 Å². The fourth-order valence-electron chi connectivity index (χ4n) is 4.44. The number of piperidine rings is 1. The van der Waals surface area contributed by atoms with Crippen LogP contribution in [0.1, 0.15) is 66.8 Å². The summed E-state index contributed by atoms with van der Waals surface area (Å²) in [4.78, 5) is 24.3. The predicted octanol–water partition coefficient (Wildman–Crippen LogP) is 2.35. The Hall–Kier alpha value is -1.95. The highest BCUT2D eigenvalue weighted by atomic mass is 16.5. The molecule has 0 aromatic carbocycles. The zero-order chi connectivity index (χ0) is 17.7. The minimum Gasteiger partial charge on any atom is -0.370 e. The Bertz CT molecular complexity index is 776. The van der Waals surface area contributed by atoms with E-state index in [1.165, 1.54) is 5.57 Å². The van der Waals surface area contributed by atoms with Gasteiger partial charge in [0.15, 0.2) is 0 Å². The third-order valence-electron chi connectivity index (χ3n) is 6.13. The van der Waals surface area contributed by atoms with Gasteiger partial charge in [0, 0.05) is 31.1 Å². The molecule has 0 radical (unpaired) electrons. The normalized spacial score (nSPS) is 24.9. The maximum Gasteiger partial charge on any atom is 0.270 e. The van der Waals surface area contributed by atoms with E-state index in [4.69, 9.17) is 9.72 Å². The van der Waals surface area contributed by atoms with Crippen LogP contribution in [-0.2, 0) is 11.2 Å². The van der Waals surface area contributed by atoms with E-state index in [9.17, 15) is 4.79 Å². The molecule has 4 aliphatic rings. The number of amides is 1. The average Bonchev–Trinajstić information content (AvgIpc) is 3.47. The van der Waals surface area contributed by atoms with Crippen molar-refractivity contribution in [1.29, 1.82) is 0 Å². The summed E-state index contributed by atoms with van der Waals surface area (Å²) in [6.07, 6.45) is 8.44. The number of nitrogens with one attached hydrogen (secondary N) is 1. The zero-order valence-electron chi connectivity index (χ0n) is 15.4. The number of anilines is 1. The molecule has 6 nitrogen and oxygen atoms in total. The van der Waals surface area contributed by atoms with E-state index in [-0.39, 0.29) is 11.5 Å². The molecule has 2 fully saturated rings. The Morgan fingerprint density at radius 1 is 1.23 bits per heavy atom. The molecule has 3 aliphatic heterocycles. The van der Waals surface area contributed by atoms with Crippen LogP contribution in [-0.4, -0.2) is 47.7 Å². The average molecular weight is 354 g/mol. The lowest BCUT2D eigenvalue weighted by molar-refractivity contribution is -0.0326. The van der Waals surface area contributed by atoms with Gasteiger partial charge in [-0.3, -0.25) is 4.79 Å². The number of hydrogen-bond acceptors (Lipinski definition) is 5. The molecule has 1 aromatic rings. The Morgan fingerprint density at radius 2 is 2.04 bits per heavy atom. The van der Waals surface area contributed by atoms with Crippen molar-refractivity contribution in [2.75, 3.05) is 31.1 Å². The summed E-state index contributed by atoms with van der Waals surface area (Å²) in [5.74, 6) is 2.26. The fourth-order valence-corrected chi connectivity index (χ4v) is 4.44. The molecule has 4 heterocycles. The smallest absolute Gasteiger partial charge is 0.270 e. The quantitative estimate of drug-likeness (QED) is 0.826. The molecule has 1 aliphatic carbocycles. The Labute approximate surface area is 154 Å². The van der Waals surface area contributed by atoms with Gasteiger partial charge in [0.1, 0.15) is 17.3 Å². The number of hydrogen-bond donors (Lipinski definition) is 1. The Balaban J connectivity index is 1.45. The van der Waals surface area contributed by atoms with Crippen molar-refractivity contribution in [1.82, 2.24) is 15.3 Å². The molecule has 0 bridgehead atoms. The van der Waals surface area contributed by atoms with E-state index < -0.39 is 0 Å². The van der Waals surface area contributed by atoms with Crippen LogP contribution >= 0.6 is 0 Å². The molecule has 0 atom stereocenters. The summed E-state index contributed by atoms with van der Waals surface area (Å²) in [7, 11) is 0. The maximum absolute atomic E-state index is 12.3. The van der Waals surface area contributed by atoms with Crippen molar-refractivity contribution >= 4 is 11.7 Å². The van der Waals surface area contributed by atoms with E-state index in [0.717, 1.165) is 75.4 Å². The molecule has 138 valence electrons. The molecule has 6 heteroatoms. The number of carbonyl (C=O) groups is 1. The number of carbonyl (C=O) groups excluding carboxylic acids is 1. The first kappa shape index (κ1) is 16.2. The first-order chi connectivity index (χ1) is 12.6. The van der Waals surface area contributed by atoms with Crippen LogP contribution in [0.15, 0.2) is 11.6 Å². The second-order valence-corrected chi connectivity index (χ2v) is 8.15. The molecule has 1 saturated carbocycles. The van der Waals surface area contributed by atoms with Crippen LogP contribution in [0.5, 0.6) is 0 Å². The largest absolute Gasteiger partial charge is 0.370 e. The molecular weight excluding hydrogens is 328 g/mol. The van der Waals surface area contributed by atoms with Crippen molar-refractivity contribution in [2.45, 2.75) is 57.0 Å². The Morgan fingerprint density at radius 3 is 2.77 bits per heavy atom. The highest BCUT2D eigenvalue weighted by molar-refractivity contribution is 5.96. The van der Waals surface area contributed by atoms with Gasteiger partial charge in [-0.25, -0.2) is 9.97 Å². The molecule has 1 saturated heterocycles. The lowest BCUT2D eigenvalue weighted by Gasteiger charge is -2.43. The zero-order valence-corrected chi connectivity index (χ0v) is 15.4. The standard InChI is InChI=1S/C20H26N4O2/c1-13-5-11-26-20(12-13)6-9-24(10-7-20)18-15-4-8-21-19(25)16(15)22-17(23-18)14-2-3-14/h12,14H,2-11H2,1H3,(H,21,25). The third-order valence-corrected chi connectivity index (χ3v) is 6.13. The van der Waals surface area contributed by atoms with E-state index in [1.807, 2.05) is 0 Å². The third kappa shape index (κ3) is 2.80. The molecule has 1 aromatic heterocycles. The van der Waals surface area contributed by atoms with Crippen molar-refractivity contribution in [3.63, 3.8) is 0 Å². The molecule has 1 spiro atoms. The van der Waals surface area contributed by atoms with Gasteiger partial charge < -0.3 is 15.0 Å². The summed E-state index contributed by atoms with van der Waals surface area (Å²) in [6, 6.07) is 0. The number of ether oxygens (including phenoxy) is 1. The minimum atomic E-state index is -0.0946. The number of nitrogens with zero attached hydrogens (tertiary/aromatic N) is 3. The molecular formula is C20H26N4O2. The summed E-state index contributed by atoms with van der Waals surface area (Å²) in [5.41, 5.74) is 2.98. The van der Waals surface area contributed by atoms with Crippen molar-refractivity contribution in [3.8, 4) is 0 Å². The SMILES string of the molecule is CC1=CC2(CCN(c3nc(C4CC4)nc4c3CCNC4=O)CC2)OCC1. The van der Waals surface area contributed by atoms with Gasteiger partial charge in [-0.2, -0.15) is 0 Å². The minimum absolute atomic E-state index is 0.0422. The predicted molar refractivity (Wildman–Crippen MR) is 98.5 cm³/mol. The molecule has 1 amide bonds. The van der Waals surface area contributed by atoms with Gasteiger partial charge in [0.25, 0.3) is 5.91 Å². The van der Waals surface area contributed by atoms with E-state index in [2.05, 4.69) is 28.2 Å². The lowest BCUT2D eigenvalue weighted by atomic mass is 9.86. The van der Waals surface area contributed by atoms with Gasteiger partial charge >= 0.3 is 0 Å². The van der Waals surface area contributed by atoms with E-state index in [1.54, 1.807) is 0 Å². The first-order valence-electron chi connectivity index (χ1n) is 9.90. The van der Waals surface area contributed by atoms with E-state index in [0.29, 0.717) is 18.2 Å². The topological polar surface area (TPSA) is 67.4 Å². The summed E-state index contributed by atoms with van der Waals surface area (Å²) < 4.78 is 6.16. The van der Waals surface area contributed by atoms with Gasteiger partial charge in [-0.05, 0) is 45.4 Å². The van der Waals surface area contributed by atoms with Crippen LogP contribution in [0, 0.1) is 0 Å². The van der Waals surface area contributed by atoms with E-state index >= 15 is 0 Å². The lowest BCUT2D eigenvalue weighted by Crippen LogP contribution is -2.47.